The molecular weight excluding hydrogens is 158 g/mol. The summed E-state index contributed by atoms with van der Waals surface area (Å²) in [6, 6.07) is 0. The Morgan fingerprint density at radius 1 is 0.846 bits per heavy atom. The Morgan fingerprint density at radius 3 is 2.08 bits per heavy atom. The highest BCUT2D eigenvalue weighted by molar-refractivity contribution is 4.60. The van der Waals surface area contributed by atoms with Crippen molar-refractivity contribution in [1.82, 2.24) is 4.90 Å². The van der Waals surface area contributed by atoms with Gasteiger partial charge in [0, 0.05) is 0 Å². The van der Waals surface area contributed by atoms with Gasteiger partial charge < -0.3 is 4.90 Å². The van der Waals surface area contributed by atoms with Crippen molar-refractivity contribution in [3.05, 3.63) is 0 Å². The highest BCUT2D eigenvalue weighted by Crippen LogP contribution is 2.17. The van der Waals surface area contributed by atoms with Gasteiger partial charge in [0.2, 0.25) is 0 Å². The molecule has 1 unspecified atom stereocenters. The lowest BCUT2D eigenvalue weighted by atomic mass is 9.98. The summed E-state index contributed by atoms with van der Waals surface area (Å²) in [6.45, 7) is 5.04. The maximum absolute atomic E-state index is 2.50. The third kappa shape index (κ3) is 5.30. The summed E-state index contributed by atoms with van der Waals surface area (Å²) in [7, 11) is 2.27. The SMILES string of the molecule is CC1CCCCCN(C)CCCC1. The van der Waals surface area contributed by atoms with E-state index in [9.17, 15) is 0 Å². The molecule has 78 valence electrons. The molecule has 1 fully saturated rings. The van der Waals surface area contributed by atoms with Crippen LogP contribution < -0.4 is 0 Å². The largest absolute Gasteiger partial charge is 0.306 e. The van der Waals surface area contributed by atoms with Crippen LogP contribution in [0.2, 0.25) is 0 Å². The predicted molar refractivity (Wildman–Crippen MR) is 59.0 cm³/mol. The highest BCUT2D eigenvalue weighted by atomic mass is 15.1. The van der Waals surface area contributed by atoms with Crippen LogP contribution in [0.15, 0.2) is 0 Å². The van der Waals surface area contributed by atoms with E-state index >= 15 is 0 Å². The van der Waals surface area contributed by atoms with Gasteiger partial charge in [0.1, 0.15) is 0 Å². The Bertz CT molecular complexity index is 108. The van der Waals surface area contributed by atoms with Gasteiger partial charge in [-0.2, -0.15) is 0 Å². The number of rotatable bonds is 0. The van der Waals surface area contributed by atoms with Crippen LogP contribution in [0.25, 0.3) is 0 Å². The molecule has 1 atom stereocenters. The van der Waals surface area contributed by atoms with Crippen molar-refractivity contribution in [2.75, 3.05) is 20.1 Å². The average molecular weight is 183 g/mol. The fraction of sp³-hybridized carbons (Fsp3) is 1.00. The topological polar surface area (TPSA) is 3.24 Å². The lowest BCUT2D eigenvalue weighted by molar-refractivity contribution is 0.318. The molecule has 1 heterocycles. The summed E-state index contributed by atoms with van der Waals surface area (Å²) in [5, 5.41) is 0. The van der Waals surface area contributed by atoms with E-state index in [-0.39, 0.29) is 0 Å². The molecule has 1 aliphatic heterocycles. The normalized spacial score (nSPS) is 29.5. The molecule has 0 N–H and O–H groups in total. The molecule has 1 rings (SSSR count). The molecule has 0 aromatic carbocycles. The zero-order chi connectivity index (χ0) is 9.52. The van der Waals surface area contributed by atoms with Gasteiger partial charge in [0.25, 0.3) is 0 Å². The fourth-order valence-electron chi connectivity index (χ4n) is 2.18. The Morgan fingerprint density at radius 2 is 1.38 bits per heavy atom. The van der Waals surface area contributed by atoms with Gasteiger partial charge in [-0.15, -0.1) is 0 Å². The van der Waals surface area contributed by atoms with Gasteiger partial charge in [0.15, 0.2) is 0 Å². The Hall–Kier alpha value is -0.0400. The van der Waals surface area contributed by atoms with Gasteiger partial charge >= 0.3 is 0 Å². The summed E-state index contributed by atoms with van der Waals surface area (Å²) in [5.74, 6) is 0.975. The fourth-order valence-corrected chi connectivity index (χ4v) is 2.18. The molecule has 0 aliphatic carbocycles. The first kappa shape index (κ1) is 11.0. The molecule has 1 nitrogen and oxygen atoms in total. The van der Waals surface area contributed by atoms with Crippen LogP contribution in [0.1, 0.15) is 51.9 Å². The second-order valence-corrected chi connectivity index (χ2v) is 4.75. The number of nitrogens with zero attached hydrogens (tertiary/aromatic N) is 1. The second kappa shape index (κ2) is 6.42. The lowest BCUT2D eigenvalue weighted by Crippen LogP contribution is -2.20. The molecular formula is C12H25N. The van der Waals surface area contributed by atoms with Crippen LogP contribution in [0.3, 0.4) is 0 Å². The predicted octanol–water partition coefficient (Wildman–Crippen LogP) is 3.30. The van der Waals surface area contributed by atoms with Crippen LogP contribution in [-0.2, 0) is 0 Å². The van der Waals surface area contributed by atoms with Crippen LogP contribution >= 0.6 is 0 Å². The van der Waals surface area contributed by atoms with Crippen molar-refractivity contribution in [1.29, 1.82) is 0 Å². The summed E-state index contributed by atoms with van der Waals surface area (Å²) < 4.78 is 0. The lowest BCUT2D eigenvalue weighted by Gasteiger charge is -2.15. The molecule has 0 amide bonds. The van der Waals surface area contributed by atoms with Crippen LogP contribution in [0.5, 0.6) is 0 Å². The van der Waals surface area contributed by atoms with Crippen molar-refractivity contribution in [2.24, 2.45) is 5.92 Å². The quantitative estimate of drug-likeness (QED) is 0.557. The third-order valence-electron chi connectivity index (χ3n) is 3.22. The van der Waals surface area contributed by atoms with Gasteiger partial charge in [0.05, 0.1) is 0 Å². The summed E-state index contributed by atoms with van der Waals surface area (Å²) >= 11 is 0. The average Bonchev–Trinajstić information content (AvgIpc) is 2.14. The van der Waals surface area contributed by atoms with Crippen molar-refractivity contribution >= 4 is 0 Å². The van der Waals surface area contributed by atoms with E-state index in [0.717, 1.165) is 5.92 Å². The van der Waals surface area contributed by atoms with E-state index in [4.69, 9.17) is 0 Å². The number of hydrogen-bond acceptors (Lipinski definition) is 1. The summed E-state index contributed by atoms with van der Waals surface area (Å²) in [4.78, 5) is 2.50. The smallest absolute Gasteiger partial charge is 0.00218 e. The monoisotopic (exact) mass is 183 g/mol. The van der Waals surface area contributed by atoms with Crippen molar-refractivity contribution in [3.63, 3.8) is 0 Å². The Balaban J connectivity index is 2.22. The molecule has 1 aliphatic rings. The maximum atomic E-state index is 2.50. The molecule has 0 aromatic heterocycles. The zero-order valence-corrected chi connectivity index (χ0v) is 9.39. The van der Waals surface area contributed by atoms with Crippen LogP contribution in [-0.4, -0.2) is 25.0 Å². The zero-order valence-electron chi connectivity index (χ0n) is 9.39. The molecule has 0 bridgehead atoms. The van der Waals surface area contributed by atoms with Gasteiger partial charge in [-0.3, -0.25) is 0 Å². The minimum Gasteiger partial charge on any atom is -0.306 e. The first-order valence-electron chi connectivity index (χ1n) is 5.97. The molecule has 0 spiro atoms. The van der Waals surface area contributed by atoms with E-state index in [1.165, 1.54) is 58.0 Å². The van der Waals surface area contributed by atoms with E-state index < -0.39 is 0 Å². The molecule has 1 saturated heterocycles. The third-order valence-corrected chi connectivity index (χ3v) is 3.22. The molecule has 0 radical (unpaired) electrons. The standard InChI is InChI=1S/C12H25N/c1-12-8-4-3-6-10-13(2)11-7-5-9-12/h12H,3-11H2,1-2H3. The van der Waals surface area contributed by atoms with Crippen LogP contribution in [0.4, 0.5) is 0 Å². The van der Waals surface area contributed by atoms with Crippen LogP contribution in [0, 0.1) is 5.92 Å². The van der Waals surface area contributed by atoms with E-state index in [2.05, 4.69) is 18.9 Å². The van der Waals surface area contributed by atoms with Crippen molar-refractivity contribution in [2.45, 2.75) is 51.9 Å². The van der Waals surface area contributed by atoms with Crippen molar-refractivity contribution < 1.29 is 0 Å². The second-order valence-electron chi connectivity index (χ2n) is 4.75. The molecule has 13 heavy (non-hydrogen) atoms. The van der Waals surface area contributed by atoms with Crippen molar-refractivity contribution in [3.8, 4) is 0 Å². The van der Waals surface area contributed by atoms with Gasteiger partial charge in [-0.1, -0.05) is 39.0 Å². The Kier molecular flexibility index (Phi) is 5.45. The van der Waals surface area contributed by atoms with E-state index in [0.29, 0.717) is 0 Å². The molecule has 1 heteroatoms. The van der Waals surface area contributed by atoms with E-state index in [1.54, 1.807) is 0 Å². The number of hydrogen-bond donors (Lipinski definition) is 0. The summed E-state index contributed by atoms with van der Waals surface area (Å²) in [5.41, 5.74) is 0. The van der Waals surface area contributed by atoms with E-state index in [1.807, 2.05) is 0 Å². The molecule has 0 aromatic rings. The summed E-state index contributed by atoms with van der Waals surface area (Å²) in [6.07, 6.45) is 10.1. The Labute approximate surface area is 83.5 Å². The minimum absolute atomic E-state index is 0.975. The highest BCUT2D eigenvalue weighted by Gasteiger charge is 2.05. The van der Waals surface area contributed by atoms with Gasteiger partial charge in [-0.05, 0) is 38.9 Å². The molecule has 0 saturated carbocycles. The first-order valence-corrected chi connectivity index (χ1v) is 5.97. The first-order chi connectivity index (χ1) is 6.29. The van der Waals surface area contributed by atoms with Gasteiger partial charge in [-0.25, -0.2) is 0 Å². The maximum Gasteiger partial charge on any atom is -0.00218 e. The minimum atomic E-state index is 0.975.